The molecule has 0 aromatic heterocycles. The molecular weight excluding hydrogens is 448 g/mol. The van der Waals surface area contributed by atoms with Crippen LogP contribution in [0, 0.1) is 0 Å². The third-order valence-corrected chi connectivity index (χ3v) is 3.91. The van der Waals surface area contributed by atoms with E-state index in [2.05, 4.69) is 4.74 Å². The summed E-state index contributed by atoms with van der Waals surface area (Å²) in [5.41, 5.74) is 0. The summed E-state index contributed by atoms with van der Waals surface area (Å²) in [5, 5.41) is 0. The van der Waals surface area contributed by atoms with Gasteiger partial charge in [-0.1, -0.05) is 0 Å². The first-order valence-electron chi connectivity index (χ1n) is 9.70. The Balaban J connectivity index is 1.35. The second-order valence-corrected chi connectivity index (χ2v) is 6.14. The highest BCUT2D eigenvalue weighted by Gasteiger charge is 2.25. The highest BCUT2D eigenvalue weighted by molar-refractivity contribution is 6.13. The van der Waals surface area contributed by atoms with Crippen molar-refractivity contribution in [2.45, 2.75) is 0 Å². The molecule has 0 atom stereocenters. The van der Waals surface area contributed by atoms with Gasteiger partial charge in [0.2, 0.25) is 0 Å². The maximum atomic E-state index is 11.4. The molecule has 4 amide bonds. The van der Waals surface area contributed by atoms with E-state index >= 15 is 0 Å². The fourth-order valence-corrected chi connectivity index (χ4v) is 2.32. The Kier molecular flexibility index (Phi) is 10.5. The van der Waals surface area contributed by atoms with Crippen molar-refractivity contribution in [1.82, 2.24) is 9.80 Å². The number of carbonyl (C=O) groups excluding carboxylic acids is 6. The van der Waals surface area contributed by atoms with Crippen molar-refractivity contribution >= 4 is 35.9 Å². The molecule has 0 spiro atoms. The van der Waals surface area contributed by atoms with E-state index in [1.807, 2.05) is 0 Å². The van der Waals surface area contributed by atoms with Gasteiger partial charge in [-0.15, -0.1) is 0 Å². The first kappa shape index (κ1) is 25.5. The van der Waals surface area contributed by atoms with Crippen LogP contribution in [-0.4, -0.2) is 105 Å². The quantitative estimate of drug-likeness (QED) is 0.175. The third-order valence-electron chi connectivity index (χ3n) is 3.91. The first-order chi connectivity index (χ1) is 15.9. The highest BCUT2D eigenvalue weighted by Crippen LogP contribution is 2.04. The SMILES string of the molecule is O=C(OCCOCCOCCOC(=O)OCN1C(=O)C=CC1=O)OCCN1C(=O)C=CC1=O. The van der Waals surface area contributed by atoms with E-state index in [0.29, 0.717) is 0 Å². The zero-order valence-corrected chi connectivity index (χ0v) is 17.5. The minimum atomic E-state index is -1.05. The van der Waals surface area contributed by atoms with Gasteiger partial charge in [-0.05, 0) is 0 Å². The molecule has 14 nitrogen and oxygen atoms in total. The molecule has 0 aliphatic carbocycles. The minimum absolute atomic E-state index is 0.0575. The molecule has 0 unspecified atom stereocenters. The standard InChI is InChI=1S/C19H22N2O12/c22-14-1-2-15(23)20(14)5-6-30-18(26)31-11-9-28-7-8-29-10-12-32-19(27)33-13-21-16(24)3-4-17(21)25/h1-4H,5-13H2. The summed E-state index contributed by atoms with van der Waals surface area (Å²) in [4.78, 5) is 69.5. The number of hydrogen-bond donors (Lipinski definition) is 0. The summed E-state index contributed by atoms with van der Waals surface area (Å²) in [7, 11) is 0. The topological polar surface area (TPSA) is 164 Å². The fraction of sp³-hybridized carbons (Fsp3) is 0.474. The number of ether oxygens (including phenoxy) is 6. The van der Waals surface area contributed by atoms with E-state index in [1.54, 1.807) is 0 Å². The zero-order valence-electron chi connectivity index (χ0n) is 17.5. The van der Waals surface area contributed by atoms with Crippen molar-refractivity contribution in [2.75, 3.05) is 59.5 Å². The lowest BCUT2D eigenvalue weighted by Crippen LogP contribution is -2.33. The van der Waals surface area contributed by atoms with Crippen LogP contribution in [0.15, 0.2) is 24.3 Å². The van der Waals surface area contributed by atoms with Gasteiger partial charge in [0.1, 0.15) is 19.8 Å². The van der Waals surface area contributed by atoms with Crippen molar-refractivity contribution in [3.63, 3.8) is 0 Å². The predicted octanol–water partition coefficient (Wildman–Crippen LogP) is -0.866. The molecule has 0 fully saturated rings. The van der Waals surface area contributed by atoms with Crippen molar-refractivity contribution < 1.29 is 57.2 Å². The molecule has 2 rings (SSSR count). The van der Waals surface area contributed by atoms with Gasteiger partial charge in [0.05, 0.1) is 33.0 Å². The van der Waals surface area contributed by atoms with Crippen LogP contribution >= 0.6 is 0 Å². The van der Waals surface area contributed by atoms with Gasteiger partial charge in [0.25, 0.3) is 23.6 Å². The monoisotopic (exact) mass is 470 g/mol. The Morgan fingerprint density at radius 2 is 0.939 bits per heavy atom. The predicted molar refractivity (Wildman–Crippen MR) is 103 cm³/mol. The van der Waals surface area contributed by atoms with Crippen LogP contribution in [-0.2, 0) is 47.6 Å². The van der Waals surface area contributed by atoms with Gasteiger partial charge >= 0.3 is 12.3 Å². The molecule has 2 aliphatic rings. The minimum Gasteiger partial charge on any atom is -0.432 e. The van der Waals surface area contributed by atoms with E-state index in [1.165, 1.54) is 0 Å². The number of amides is 4. The molecule has 0 radical (unpaired) electrons. The molecule has 33 heavy (non-hydrogen) atoms. The maximum Gasteiger partial charge on any atom is 0.510 e. The molecule has 180 valence electrons. The number of rotatable bonds is 14. The van der Waals surface area contributed by atoms with Crippen molar-refractivity contribution in [3.05, 3.63) is 24.3 Å². The Labute approximate surface area is 187 Å². The van der Waals surface area contributed by atoms with Gasteiger partial charge in [0, 0.05) is 24.3 Å². The first-order valence-corrected chi connectivity index (χ1v) is 9.70. The normalized spacial score (nSPS) is 14.9. The molecule has 14 heteroatoms. The Bertz CT molecular complexity index is 786. The van der Waals surface area contributed by atoms with Crippen LogP contribution < -0.4 is 0 Å². The van der Waals surface area contributed by atoms with Crippen LogP contribution in [0.2, 0.25) is 0 Å². The van der Waals surface area contributed by atoms with Crippen molar-refractivity contribution in [1.29, 1.82) is 0 Å². The van der Waals surface area contributed by atoms with Crippen LogP contribution in [0.4, 0.5) is 9.59 Å². The zero-order chi connectivity index (χ0) is 24.1. The Hall–Kier alpha value is -3.78. The third kappa shape index (κ3) is 9.08. The second kappa shape index (κ2) is 13.6. The number of hydrogen-bond acceptors (Lipinski definition) is 12. The van der Waals surface area contributed by atoms with E-state index < -0.39 is 42.7 Å². The lowest BCUT2D eigenvalue weighted by molar-refractivity contribution is -0.142. The fourth-order valence-electron chi connectivity index (χ4n) is 2.32. The Morgan fingerprint density at radius 1 is 0.545 bits per heavy atom. The number of imide groups is 2. The number of nitrogens with zero attached hydrogens (tertiary/aromatic N) is 2. The van der Waals surface area contributed by atoms with E-state index in [0.717, 1.165) is 34.1 Å². The van der Waals surface area contributed by atoms with E-state index in [4.69, 9.17) is 23.7 Å². The lowest BCUT2D eigenvalue weighted by atomic mass is 10.5. The summed E-state index contributed by atoms with van der Waals surface area (Å²) in [6.45, 7) is -0.480. The van der Waals surface area contributed by atoms with Crippen LogP contribution in [0.25, 0.3) is 0 Å². The summed E-state index contributed by atoms with van der Waals surface area (Å²) >= 11 is 0. The second-order valence-electron chi connectivity index (χ2n) is 6.14. The molecule has 0 bridgehead atoms. The Morgan fingerprint density at radius 3 is 1.45 bits per heavy atom. The van der Waals surface area contributed by atoms with Gasteiger partial charge in [0.15, 0.2) is 6.73 Å². The molecule has 0 saturated carbocycles. The molecule has 0 aromatic carbocycles. The average Bonchev–Trinajstić information content (AvgIpc) is 3.28. The van der Waals surface area contributed by atoms with Crippen LogP contribution in [0.3, 0.4) is 0 Å². The number of carbonyl (C=O) groups is 6. The summed E-state index contributed by atoms with van der Waals surface area (Å²) in [5.74, 6) is -2.09. The molecular formula is C19H22N2O12. The molecule has 2 aliphatic heterocycles. The molecule has 2 heterocycles. The average molecular weight is 470 g/mol. The van der Waals surface area contributed by atoms with E-state index in [9.17, 15) is 28.8 Å². The van der Waals surface area contributed by atoms with Crippen molar-refractivity contribution in [2.24, 2.45) is 0 Å². The molecule has 0 N–H and O–H groups in total. The van der Waals surface area contributed by atoms with Gasteiger partial charge in [-0.2, -0.15) is 0 Å². The summed E-state index contributed by atoms with van der Waals surface area (Å²) in [6, 6.07) is 0. The summed E-state index contributed by atoms with van der Waals surface area (Å²) < 4.78 is 29.2. The van der Waals surface area contributed by atoms with Crippen LogP contribution in [0.5, 0.6) is 0 Å². The van der Waals surface area contributed by atoms with Gasteiger partial charge in [-0.25, -0.2) is 14.5 Å². The van der Waals surface area contributed by atoms with Gasteiger partial charge in [-0.3, -0.25) is 24.1 Å². The largest absolute Gasteiger partial charge is 0.510 e. The summed E-state index contributed by atoms with van der Waals surface area (Å²) in [6.07, 6.45) is 2.38. The lowest BCUT2D eigenvalue weighted by Gasteiger charge is -2.13. The van der Waals surface area contributed by atoms with Crippen LogP contribution in [0.1, 0.15) is 0 Å². The van der Waals surface area contributed by atoms with Crippen molar-refractivity contribution in [3.8, 4) is 0 Å². The highest BCUT2D eigenvalue weighted by atomic mass is 16.7. The van der Waals surface area contributed by atoms with E-state index in [-0.39, 0.29) is 52.8 Å². The van der Waals surface area contributed by atoms with Gasteiger partial charge < -0.3 is 28.4 Å². The maximum absolute atomic E-state index is 11.4. The molecule has 0 saturated heterocycles. The smallest absolute Gasteiger partial charge is 0.432 e. The molecule has 0 aromatic rings.